The van der Waals surface area contributed by atoms with Crippen LogP contribution in [0.4, 0.5) is 8.78 Å². The summed E-state index contributed by atoms with van der Waals surface area (Å²) in [6, 6.07) is 10.6. The predicted molar refractivity (Wildman–Crippen MR) is 66.7 cm³/mol. The number of hydrogen-bond acceptors (Lipinski definition) is 2. The zero-order valence-corrected chi connectivity index (χ0v) is 10.1. The highest BCUT2D eigenvalue weighted by molar-refractivity contribution is 5.88. The zero-order valence-electron chi connectivity index (χ0n) is 10.1. The lowest BCUT2D eigenvalue weighted by molar-refractivity contribution is 0.0683. The summed E-state index contributed by atoms with van der Waals surface area (Å²) >= 11 is 0. The van der Waals surface area contributed by atoms with E-state index < -0.39 is 29.1 Å². The van der Waals surface area contributed by atoms with Gasteiger partial charge in [-0.1, -0.05) is 18.2 Å². The monoisotopic (exact) mass is 280 g/mol. The first kappa shape index (κ1) is 15.3. The number of hydrogen-bond donors (Lipinski definition) is 2. The molecule has 0 aliphatic carbocycles. The Kier molecular flexibility index (Phi) is 5.34. The molecule has 0 heterocycles. The Bertz CT molecular complexity index is 612. The van der Waals surface area contributed by atoms with Gasteiger partial charge in [-0.15, -0.1) is 0 Å². The van der Waals surface area contributed by atoms with Gasteiger partial charge in [0.1, 0.15) is 11.6 Å². The number of carboxylic acid groups (broad SMARTS) is 2. The van der Waals surface area contributed by atoms with Crippen LogP contribution in [0.3, 0.4) is 0 Å². The van der Waals surface area contributed by atoms with Crippen LogP contribution >= 0.6 is 0 Å². The van der Waals surface area contributed by atoms with Gasteiger partial charge >= 0.3 is 11.9 Å². The van der Waals surface area contributed by atoms with Crippen molar-refractivity contribution in [3.05, 3.63) is 71.3 Å². The third-order valence-corrected chi connectivity index (χ3v) is 2.18. The first-order valence-electron chi connectivity index (χ1n) is 5.38. The van der Waals surface area contributed by atoms with Crippen LogP contribution in [0.25, 0.3) is 0 Å². The van der Waals surface area contributed by atoms with E-state index in [0.717, 1.165) is 12.1 Å². The SMILES string of the molecule is O=C(O)c1ccc(F)cc1F.O=C(O)c1ccccc1. The van der Waals surface area contributed by atoms with Gasteiger partial charge in [-0.3, -0.25) is 0 Å². The Morgan fingerprint density at radius 1 is 0.850 bits per heavy atom. The molecule has 0 fully saturated rings. The minimum atomic E-state index is -1.40. The fourth-order valence-corrected chi connectivity index (χ4v) is 1.24. The molecule has 20 heavy (non-hydrogen) atoms. The first-order chi connectivity index (χ1) is 9.41. The van der Waals surface area contributed by atoms with E-state index in [0.29, 0.717) is 11.6 Å². The lowest BCUT2D eigenvalue weighted by atomic mass is 10.2. The Labute approximate surface area is 112 Å². The van der Waals surface area contributed by atoms with Gasteiger partial charge in [0.05, 0.1) is 11.1 Å². The molecule has 2 aromatic rings. The second-order valence-corrected chi connectivity index (χ2v) is 3.60. The molecule has 6 heteroatoms. The summed E-state index contributed by atoms with van der Waals surface area (Å²) in [7, 11) is 0. The van der Waals surface area contributed by atoms with Crippen LogP contribution < -0.4 is 0 Å². The average Bonchev–Trinajstić information content (AvgIpc) is 2.40. The number of aromatic carboxylic acids is 2. The molecule has 0 saturated carbocycles. The smallest absolute Gasteiger partial charge is 0.338 e. The van der Waals surface area contributed by atoms with Crippen LogP contribution in [0.15, 0.2) is 48.5 Å². The molecule has 0 aliphatic rings. The molecule has 0 spiro atoms. The molecule has 0 bridgehead atoms. The Hall–Kier alpha value is -2.76. The summed E-state index contributed by atoms with van der Waals surface area (Å²) in [4.78, 5) is 20.4. The maximum absolute atomic E-state index is 12.5. The minimum absolute atomic E-state index is 0.331. The van der Waals surface area contributed by atoms with Crippen molar-refractivity contribution in [2.45, 2.75) is 0 Å². The summed E-state index contributed by atoms with van der Waals surface area (Å²) in [6.45, 7) is 0. The number of rotatable bonds is 2. The summed E-state index contributed by atoms with van der Waals surface area (Å²) in [6.07, 6.45) is 0. The van der Waals surface area contributed by atoms with E-state index in [2.05, 4.69) is 0 Å². The standard InChI is InChI=1S/C7H4F2O2.C7H6O2/c8-4-1-2-5(7(10)11)6(9)3-4;8-7(9)6-4-2-1-3-5-6/h1-3H,(H,10,11);1-5H,(H,8,9). The average molecular weight is 280 g/mol. The fourth-order valence-electron chi connectivity index (χ4n) is 1.24. The minimum Gasteiger partial charge on any atom is -0.478 e. The van der Waals surface area contributed by atoms with E-state index in [4.69, 9.17) is 10.2 Å². The second-order valence-electron chi connectivity index (χ2n) is 3.60. The quantitative estimate of drug-likeness (QED) is 0.886. The molecule has 0 amide bonds. The predicted octanol–water partition coefficient (Wildman–Crippen LogP) is 3.05. The molecular formula is C14H10F2O4. The topological polar surface area (TPSA) is 74.6 Å². The Morgan fingerprint density at radius 3 is 1.85 bits per heavy atom. The molecule has 0 radical (unpaired) electrons. The van der Waals surface area contributed by atoms with Crippen LogP contribution in [0.1, 0.15) is 20.7 Å². The molecule has 0 unspecified atom stereocenters. The van der Waals surface area contributed by atoms with Gasteiger partial charge in [0.25, 0.3) is 0 Å². The van der Waals surface area contributed by atoms with Gasteiger partial charge in [-0.25, -0.2) is 18.4 Å². The molecule has 2 rings (SSSR count). The first-order valence-corrected chi connectivity index (χ1v) is 5.38. The molecule has 0 aromatic heterocycles. The van der Waals surface area contributed by atoms with Crippen molar-refractivity contribution in [2.24, 2.45) is 0 Å². The highest BCUT2D eigenvalue weighted by Crippen LogP contribution is 2.08. The summed E-state index contributed by atoms with van der Waals surface area (Å²) in [5, 5.41) is 16.7. The highest BCUT2D eigenvalue weighted by Gasteiger charge is 2.09. The molecule has 4 nitrogen and oxygen atoms in total. The molecule has 0 aliphatic heterocycles. The van der Waals surface area contributed by atoms with Gasteiger partial charge in [0.2, 0.25) is 0 Å². The molecule has 2 aromatic carbocycles. The van der Waals surface area contributed by atoms with Gasteiger partial charge in [0, 0.05) is 6.07 Å². The summed E-state index contributed by atoms with van der Waals surface area (Å²) in [5.74, 6) is -4.12. The number of halogens is 2. The van der Waals surface area contributed by atoms with Gasteiger partial charge in [0.15, 0.2) is 0 Å². The van der Waals surface area contributed by atoms with E-state index in [1.54, 1.807) is 30.3 Å². The van der Waals surface area contributed by atoms with Gasteiger partial charge in [-0.2, -0.15) is 0 Å². The van der Waals surface area contributed by atoms with E-state index in [1.165, 1.54) is 0 Å². The van der Waals surface area contributed by atoms with Gasteiger partial charge in [-0.05, 0) is 24.3 Å². The molecule has 0 saturated heterocycles. The van der Waals surface area contributed by atoms with Crippen molar-refractivity contribution in [1.29, 1.82) is 0 Å². The fraction of sp³-hybridized carbons (Fsp3) is 0. The van der Waals surface area contributed by atoms with Crippen LogP contribution in [0.5, 0.6) is 0 Å². The Balaban J connectivity index is 0.000000204. The van der Waals surface area contributed by atoms with Crippen LogP contribution in [-0.4, -0.2) is 22.2 Å². The highest BCUT2D eigenvalue weighted by atomic mass is 19.1. The van der Waals surface area contributed by atoms with Crippen molar-refractivity contribution in [3.63, 3.8) is 0 Å². The molecule has 104 valence electrons. The number of benzene rings is 2. The second kappa shape index (κ2) is 6.98. The number of carboxylic acids is 2. The zero-order chi connectivity index (χ0) is 15.1. The van der Waals surface area contributed by atoms with Crippen LogP contribution in [-0.2, 0) is 0 Å². The van der Waals surface area contributed by atoms with E-state index in [1.807, 2.05) is 0 Å². The van der Waals surface area contributed by atoms with E-state index in [-0.39, 0.29) is 0 Å². The summed E-state index contributed by atoms with van der Waals surface area (Å²) in [5.41, 5.74) is -0.191. The lowest BCUT2D eigenvalue weighted by Crippen LogP contribution is -2.00. The largest absolute Gasteiger partial charge is 0.478 e. The normalized spacial score (nSPS) is 9.30. The summed E-state index contributed by atoms with van der Waals surface area (Å²) < 4.78 is 24.7. The van der Waals surface area contributed by atoms with Crippen LogP contribution in [0, 0.1) is 11.6 Å². The molecule has 0 atom stereocenters. The third kappa shape index (κ3) is 4.49. The van der Waals surface area contributed by atoms with Crippen molar-refractivity contribution >= 4 is 11.9 Å². The Morgan fingerprint density at radius 2 is 1.45 bits per heavy atom. The lowest BCUT2D eigenvalue weighted by Gasteiger charge is -1.94. The van der Waals surface area contributed by atoms with Crippen molar-refractivity contribution < 1.29 is 28.6 Å². The van der Waals surface area contributed by atoms with E-state index >= 15 is 0 Å². The van der Waals surface area contributed by atoms with Crippen molar-refractivity contribution in [3.8, 4) is 0 Å². The maximum Gasteiger partial charge on any atom is 0.338 e. The van der Waals surface area contributed by atoms with Crippen LogP contribution in [0.2, 0.25) is 0 Å². The van der Waals surface area contributed by atoms with Crippen molar-refractivity contribution in [2.75, 3.05) is 0 Å². The van der Waals surface area contributed by atoms with E-state index in [9.17, 15) is 18.4 Å². The third-order valence-electron chi connectivity index (χ3n) is 2.18. The van der Waals surface area contributed by atoms with Gasteiger partial charge < -0.3 is 10.2 Å². The number of carbonyl (C=O) groups is 2. The van der Waals surface area contributed by atoms with Crippen molar-refractivity contribution in [1.82, 2.24) is 0 Å². The molecular weight excluding hydrogens is 270 g/mol. The molecule has 2 N–H and O–H groups in total. The maximum atomic E-state index is 12.5.